The largest absolute Gasteiger partial charge is 0.454 e. The lowest BCUT2D eigenvalue weighted by atomic mass is 10.1. The summed E-state index contributed by atoms with van der Waals surface area (Å²) in [6.07, 6.45) is 1.60. The molecule has 0 fully saturated rings. The second kappa shape index (κ2) is 8.26. The first-order chi connectivity index (χ1) is 11.0. The van der Waals surface area contributed by atoms with Gasteiger partial charge in [0.05, 0.1) is 0 Å². The van der Waals surface area contributed by atoms with E-state index < -0.39 is 0 Å². The van der Waals surface area contributed by atoms with E-state index in [2.05, 4.69) is 24.3 Å². The van der Waals surface area contributed by atoms with E-state index in [0.717, 1.165) is 17.7 Å². The highest BCUT2D eigenvalue weighted by Crippen LogP contribution is 2.32. The molecule has 23 heavy (non-hydrogen) atoms. The first kappa shape index (κ1) is 16.9. The Kier molecular flexibility index (Phi) is 6.08. The van der Waals surface area contributed by atoms with Crippen LogP contribution >= 0.6 is 0 Å². The lowest BCUT2D eigenvalue weighted by Crippen LogP contribution is -2.27. The summed E-state index contributed by atoms with van der Waals surface area (Å²) in [6.45, 7) is 4.67. The van der Waals surface area contributed by atoms with Gasteiger partial charge in [0.25, 0.3) is 5.91 Å². The number of fused-ring (bicyclic) bond motifs is 1. The van der Waals surface area contributed by atoms with E-state index in [1.165, 1.54) is 0 Å². The summed E-state index contributed by atoms with van der Waals surface area (Å²) in [5.41, 5.74) is 6.61. The maximum atomic E-state index is 11.7. The number of carbonyl (C=O) groups is 1. The Morgan fingerprint density at radius 2 is 2.17 bits per heavy atom. The highest BCUT2D eigenvalue weighted by Gasteiger charge is 2.13. The Balaban J connectivity index is 1.68. The fourth-order valence-electron chi connectivity index (χ4n) is 1.96. The first-order valence-electron chi connectivity index (χ1n) is 7.64. The zero-order chi connectivity index (χ0) is 16.7. The van der Waals surface area contributed by atoms with Gasteiger partial charge in [-0.1, -0.05) is 25.1 Å². The van der Waals surface area contributed by atoms with Gasteiger partial charge in [-0.25, -0.2) is 0 Å². The molecule has 1 aromatic carbocycles. The number of nitrogens with zero attached hydrogens (tertiary/aromatic N) is 1. The van der Waals surface area contributed by atoms with Gasteiger partial charge in [-0.15, -0.1) is 0 Å². The maximum absolute atomic E-state index is 11.7. The van der Waals surface area contributed by atoms with E-state index >= 15 is 0 Å². The maximum Gasteiger partial charge on any atom is 0.261 e. The Labute approximate surface area is 135 Å². The van der Waals surface area contributed by atoms with Crippen molar-refractivity contribution in [3.05, 3.63) is 23.8 Å². The molecule has 2 rings (SSSR count). The van der Waals surface area contributed by atoms with E-state index in [9.17, 15) is 4.79 Å². The minimum Gasteiger partial charge on any atom is -0.454 e. The smallest absolute Gasteiger partial charge is 0.261 e. The predicted molar refractivity (Wildman–Crippen MR) is 86.1 cm³/mol. The fourth-order valence-corrected chi connectivity index (χ4v) is 1.96. The Bertz CT molecular complexity index is 572. The number of nitrogens with one attached hydrogen (secondary N) is 1. The van der Waals surface area contributed by atoms with Gasteiger partial charge >= 0.3 is 0 Å². The third kappa shape index (κ3) is 5.69. The van der Waals surface area contributed by atoms with Crippen LogP contribution in [0.3, 0.4) is 0 Å². The molecule has 0 bridgehead atoms. The molecule has 1 heterocycles. The van der Waals surface area contributed by atoms with E-state index in [4.69, 9.17) is 20.0 Å². The summed E-state index contributed by atoms with van der Waals surface area (Å²) in [6, 6.07) is 5.53. The number of amides is 1. The van der Waals surface area contributed by atoms with E-state index in [1.54, 1.807) is 0 Å². The van der Waals surface area contributed by atoms with Crippen molar-refractivity contribution in [2.45, 2.75) is 33.2 Å². The molecule has 1 amide bonds. The summed E-state index contributed by atoms with van der Waals surface area (Å²) in [4.78, 5) is 16.7. The number of carbonyl (C=O) groups excluding carboxylic acids is 1. The molecule has 0 unspecified atom stereocenters. The van der Waals surface area contributed by atoms with Crippen LogP contribution in [0.5, 0.6) is 11.5 Å². The highest BCUT2D eigenvalue weighted by atomic mass is 16.7. The first-order valence-corrected chi connectivity index (χ1v) is 7.64. The molecule has 1 aliphatic heterocycles. The summed E-state index contributed by atoms with van der Waals surface area (Å²) in [5.74, 6) is 2.10. The van der Waals surface area contributed by atoms with Crippen molar-refractivity contribution in [3.8, 4) is 11.5 Å². The zero-order valence-electron chi connectivity index (χ0n) is 13.5. The number of nitrogens with two attached hydrogens (primary N) is 1. The van der Waals surface area contributed by atoms with Gasteiger partial charge < -0.3 is 25.4 Å². The number of amidine groups is 1. The van der Waals surface area contributed by atoms with Crippen LogP contribution in [0.15, 0.2) is 23.4 Å². The van der Waals surface area contributed by atoms with Gasteiger partial charge in [-0.05, 0) is 30.0 Å². The van der Waals surface area contributed by atoms with Crippen molar-refractivity contribution >= 4 is 11.7 Å². The van der Waals surface area contributed by atoms with Crippen molar-refractivity contribution in [2.24, 2.45) is 16.8 Å². The summed E-state index contributed by atoms with van der Waals surface area (Å²) < 4.78 is 10.5. The molecule has 1 aromatic rings. The second-order valence-corrected chi connectivity index (χ2v) is 5.75. The molecule has 7 nitrogen and oxygen atoms in total. The topological polar surface area (TPSA) is 95.2 Å². The molecule has 3 N–H and O–H groups in total. The molecular weight excluding hydrogens is 298 g/mol. The van der Waals surface area contributed by atoms with Crippen LogP contribution in [0.2, 0.25) is 0 Å². The SMILES string of the molecule is CC(C)CC/C(N)=N/OCC(=O)NCc1ccc2c(c1)OCO2. The Morgan fingerprint density at radius 3 is 2.96 bits per heavy atom. The van der Waals surface area contributed by atoms with Crippen molar-refractivity contribution in [1.29, 1.82) is 0 Å². The van der Waals surface area contributed by atoms with E-state index in [0.29, 0.717) is 30.5 Å². The molecule has 0 saturated heterocycles. The van der Waals surface area contributed by atoms with Gasteiger partial charge in [0, 0.05) is 13.0 Å². The second-order valence-electron chi connectivity index (χ2n) is 5.75. The van der Waals surface area contributed by atoms with Gasteiger partial charge in [-0.3, -0.25) is 4.79 Å². The van der Waals surface area contributed by atoms with Crippen molar-refractivity contribution < 1.29 is 19.1 Å². The van der Waals surface area contributed by atoms with Crippen LogP contribution < -0.4 is 20.5 Å². The summed E-state index contributed by atoms with van der Waals surface area (Å²) in [5, 5.41) is 6.48. The van der Waals surface area contributed by atoms with Gasteiger partial charge in [0.1, 0.15) is 5.84 Å². The number of hydrogen-bond donors (Lipinski definition) is 2. The summed E-state index contributed by atoms with van der Waals surface area (Å²) in [7, 11) is 0. The number of ether oxygens (including phenoxy) is 2. The molecule has 7 heteroatoms. The average Bonchev–Trinajstić information content (AvgIpc) is 2.98. The Hall–Kier alpha value is -2.44. The molecule has 0 aromatic heterocycles. The molecule has 0 spiro atoms. The van der Waals surface area contributed by atoms with Crippen LogP contribution in [0.4, 0.5) is 0 Å². The van der Waals surface area contributed by atoms with Crippen LogP contribution in [0.1, 0.15) is 32.3 Å². The third-order valence-corrected chi connectivity index (χ3v) is 3.28. The number of hydrogen-bond acceptors (Lipinski definition) is 5. The van der Waals surface area contributed by atoms with E-state index in [1.807, 2.05) is 18.2 Å². The van der Waals surface area contributed by atoms with Crippen molar-refractivity contribution in [1.82, 2.24) is 5.32 Å². The molecule has 0 aliphatic carbocycles. The fraction of sp³-hybridized carbons (Fsp3) is 0.500. The lowest BCUT2D eigenvalue weighted by molar-refractivity contribution is -0.125. The zero-order valence-corrected chi connectivity index (χ0v) is 13.5. The normalized spacial score (nSPS) is 13.3. The van der Waals surface area contributed by atoms with Crippen LogP contribution in [0, 0.1) is 5.92 Å². The minimum absolute atomic E-state index is 0.160. The van der Waals surface area contributed by atoms with E-state index in [-0.39, 0.29) is 19.3 Å². The minimum atomic E-state index is -0.261. The molecule has 0 atom stereocenters. The van der Waals surface area contributed by atoms with Gasteiger partial charge in [-0.2, -0.15) is 0 Å². The Morgan fingerprint density at radius 1 is 1.39 bits per heavy atom. The summed E-state index contributed by atoms with van der Waals surface area (Å²) >= 11 is 0. The molecular formula is C16H23N3O4. The number of benzene rings is 1. The van der Waals surface area contributed by atoms with Crippen molar-refractivity contribution in [3.63, 3.8) is 0 Å². The standard InChI is InChI=1S/C16H23N3O4/c1-11(2)3-6-15(17)19-23-9-16(20)18-8-12-4-5-13-14(7-12)22-10-21-13/h4-5,7,11H,3,6,8-10H2,1-2H3,(H2,17,19)(H,18,20). The molecule has 1 aliphatic rings. The van der Waals surface area contributed by atoms with Crippen molar-refractivity contribution in [2.75, 3.05) is 13.4 Å². The van der Waals surface area contributed by atoms with Crippen LogP contribution in [-0.2, 0) is 16.2 Å². The van der Waals surface area contributed by atoms with Gasteiger partial charge in [0.2, 0.25) is 6.79 Å². The monoisotopic (exact) mass is 321 g/mol. The van der Waals surface area contributed by atoms with Crippen LogP contribution in [-0.4, -0.2) is 25.1 Å². The van der Waals surface area contributed by atoms with Crippen LogP contribution in [0.25, 0.3) is 0 Å². The molecule has 0 radical (unpaired) electrons. The third-order valence-electron chi connectivity index (χ3n) is 3.28. The number of oxime groups is 1. The average molecular weight is 321 g/mol. The quantitative estimate of drug-likeness (QED) is 0.432. The lowest BCUT2D eigenvalue weighted by Gasteiger charge is -2.06. The highest BCUT2D eigenvalue weighted by molar-refractivity contribution is 5.80. The molecule has 126 valence electrons. The number of rotatable bonds is 8. The van der Waals surface area contributed by atoms with Gasteiger partial charge in [0.15, 0.2) is 18.1 Å². The predicted octanol–water partition coefficient (Wildman–Crippen LogP) is 1.76. The molecule has 0 saturated carbocycles.